The van der Waals surface area contributed by atoms with Gasteiger partial charge in [-0.3, -0.25) is 9.97 Å². The number of rotatable bonds is 3. The van der Waals surface area contributed by atoms with E-state index in [2.05, 4.69) is 20.2 Å². The summed E-state index contributed by atoms with van der Waals surface area (Å²) < 4.78 is 0. The van der Waals surface area contributed by atoms with E-state index in [1.165, 1.54) is 0 Å². The van der Waals surface area contributed by atoms with Gasteiger partial charge in [0.1, 0.15) is 0 Å². The second-order valence-electron chi connectivity index (χ2n) is 3.00. The number of aromatic nitrogens is 2. The van der Waals surface area contributed by atoms with Gasteiger partial charge in [-0.2, -0.15) is 10.2 Å². The normalized spacial score (nSPS) is 11.2. The fourth-order valence-corrected chi connectivity index (χ4v) is 1.09. The fraction of sp³-hybridized carbons (Fsp3) is 0. The van der Waals surface area contributed by atoms with E-state index in [4.69, 9.17) is 0 Å². The van der Waals surface area contributed by atoms with E-state index in [0.29, 0.717) is 0 Å². The molecule has 2 aromatic heterocycles. The van der Waals surface area contributed by atoms with Crippen LogP contribution in [-0.2, 0) is 0 Å². The summed E-state index contributed by atoms with van der Waals surface area (Å²) >= 11 is 0. The van der Waals surface area contributed by atoms with Crippen molar-refractivity contribution in [3.05, 3.63) is 60.2 Å². The molecule has 0 amide bonds. The van der Waals surface area contributed by atoms with E-state index in [-0.39, 0.29) is 0 Å². The van der Waals surface area contributed by atoms with Crippen LogP contribution in [-0.4, -0.2) is 22.4 Å². The molecule has 0 aliphatic heterocycles. The first-order valence-corrected chi connectivity index (χ1v) is 4.83. The third kappa shape index (κ3) is 3.09. The smallest absolute Gasteiger partial charge is 0.0831 e. The molecule has 0 aliphatic rings. The molecule has 78 valence electrons. The lowest BCUT2D eigenvalue weighted by Crippen LogP contribution is -1.85. The lowest BCUT2D eigenvalue weighted by molar-refractivity contribution is 1.22. The quantitative estimate of drug-likeness (QED) is 0.574. The molecule has 0 aliphatic carbocycles. The molecule has 0 saturated heterocycles. The summed E-state index contributed by atoms with van der Waals surface area (Å²) in [6.45, 7) is 0. The van der Waals surface area contributed by atoms with Crippen LogP contribution in [0, 0.1) is 0 Å². The summed E-state index contributed by atoms with van der Waals surface area (Å²) in [5.74, 6) is 0. The predicted molar refractivity (Wildman–Crippen MR) is 63.7 cm³/mol. The van der Waals surface area contributed by atoms with Gasteiger partial charge in [0.25, 0.3) is 0 Å². The fourth-order valence-electron chi connectivity index (χ4n) is 1.09. The van der Waals surface area contributed by atoms with E-state index in [1.807, 2.05) is 36.4 Å². The first kappa shape index (κ1) is 10.2. The Labute approximate surface area is 93.4 Å². The molecule has 2 heterocycles. The van der Waals surface area contributed by atoms with Crippen LogP contribution in [0.2, 0.25) is 0 Å². The van der Waals surface area contributed by atoms with Crippen LogP contribution in [0.25, 0.3) is 0 Å². The van der Waals surface area contributed by atoms with Gasteiger partial charge in [-0.15, -0.1) is 0 Å². The third-order valence-corrected chi connectivity index (χ3v) is 1.82. The van der Waals surface area contributed by atoms with Gasteiger partial charge in [0.15, 0.2) is 0 Å². The monoisotopic (exact) mass is 210 g/mol. The Hall–Kier alpha value is -2.36. The zero-order valence-electron chi connectivity index (χ0n) is 8.56. The molecule has 0 aromatic carbocycles. The highest BCUT2D eigenvalue weighted by molar-refractivity contribution is 5.79. The first-order valence-electron chi connectivity index (χ1n) is 4.83. The van der Waals surface area contributed by atoms with Gasteiger partial charge < -0.3 is 0 Å². The highest BCUT2D eigenvalue weighted by Crippen LogP contribution is 1.90. The van der Waals surface area contributed by atoms with E-state index < -0.39 is 0 Å². The van der Waals surface area contributed by atoms with Crippen molar-refractivity contribution in [2.45, 2.75) is 0 Å². The second kappa shape index (κ2) is 5.50. The average molecular weight is 210 g/mol. The number of nitrogens with zero attached hydrogens (tertiary/aromatic N) is 4. The van der Waals surface area contributed by atoms with Crippen LogP contribution < -0.4 is 0 Å². The lowest BCUT2D eigenvalue weighted by atomic mass is 10.4. The van der Waals surface area contributed by atoms with E-state index in [0.717, 1.165) is 11.4 Å². The minimum absolute atomic E-state index is 0.778. The van der Waals surface area contributed by atoms with Gasteiger partial charge in [-0.1, -0.05) is 12.1 Å². The Bertz CT molecular complexity index is 429. The molecule has 0 N–H and O–H groups in total. The summed E-state index contributed by atoms with van der Waals surface area (Å²) in [6.07, 6.45) is 6.62. The molecule has 4 nitrogen and oxygen atoms in total. The van der Waals surface area contributed by atoms with Crippen molar-refractivity contribution in [2.24, 2.45) is 10.2 Å². The van der Waals surface area contributed by atoms with E-state index >= 15 is 0 Å². The van der Waals surface area contributed by atoms with Crippen molar-refractivity contribution >= 4 is 12.4 Å². The molecular formula is C12H10N4. The van der Waals surface area contributed by atoms with Crippen LogP contribution in [0.5, 0.6) is 0 Å². The molecule has 0 fully saturated rings. The van der Waals surface area contributed by atoms with Crippen LogP contribution in [0.15, 0.2) is 59.0 Å². The molecular weight excluding hydrogens is 200 g/mol. The Morgan fingerprint density at radius 2 is 1.25 bits per heavy atom. The van der Waals surface area contributed by atoms with Crippen molar-refractivity contribution in [3.63, 3.8) is 0 Å². The van der Waals surface area contributed by atoms with Gasteiger partial charge in [-0.25, -0.2) is 0 Å². The van der Waals surface area contributed by atoms with Crippen molar-refractivity contribution < 1.29 is 0 Å². The maximum absolute atomic E-state index is 4.08. The Morgan fingerprint density at radius 3 is 1.62 bits per heavy atom. The van der Waals surface area contributed by atoms with Crippen LogP contribution in [0.4, 0.5) is 0 Å². The van der Waals surface area contributed by atoms with E-state index in [1.54, 1.807) is 24.8 Å². The second-order valence-corrected chi connectivity index (χ2v) is 3.00. The maximum atomic E-state index is 4.08. The summed E-state index contributed by atoms with van der Waals surface area (Å²) in [6, 6.07) is 11.2. The zero-order valence-corrected chi connectivity index (χ0v) is 8.56. The highest BCUT2D eigenvalue weighted by atomic mass is 15.2. The highest BCUT2D eigenvalue weighted by Gasteiger charge is 1.85. The molecule has 0 atom stereocenters. The number of pyridine rings is 2. The number of hydrogen-bond acceptors (Lipinski definition) is 4. The molecule has 2 aromatic rings. The topological polar surface area (TPSA) is 50.5 Å². The SMILES string of the molecule is C(=N/N=C\c1ccccn1)/c1ccccn1. The van der Waals surface area contributed by atoms with Crippen molar-refractivity contribution in [3.8, 4) is 0 Å². The largest absolute Gasteiger partial charge is 0.255 e. The van der Waals surface area contributed by atoms with Crippen molar-refractivity contribution in [2.75, 3.05) is 0 Å². The standard InChI is InChI=1S/C12H10N4/c1-3-7-13-11(5-1)9-15-16-10-12-6-2-4-8-14-12/h1-10H/b15-9-,16-10-. The summed E-state index contributed by atoms with van der Waals surface area (Å²) in [5.41, 5.74) is 1.56. The Balaban J connectivity index is 1.98. The molecule has 0 radical (unpaired) electrons. The molecule has 2 rings (SSSR count). The lowest BCUT2D eigenvalue weighted by Gasteiger charge is -1.88. The summed E-state index contributed by atoms with van der Waals surface area (Å²) in [4.78, 5) is 8.17. The molecule has 16 heavy (non-hydrogen) atoms. The van der Waals surface area contributed by atoms with Crippen LogP contribution in [0.1, 0.15) is 11.4 Å². The Kier molecular flexibility index (Phi) is 3.50. The van der Waals surface area contributed by atoms with E-state index in [9.17, 15) is 0 Å². The first-order chi connectivity index (χ1) is 7.95. The maximum Gasteiger partial charge on any atom is 0.0831 e. The van der Waals surface area contributed by atoms with Crippen LogP contribution in [0.3, 0.4) is 0 Å². The minimum atomic E-state index is 0.778. The van der Waals surface area contributed by atoms with Crippen molar-refractivity contribution in [1.82, 2.24) is 9.97 Å². The molecule has 0 saturated carbocycles. The number of hydrogen-bond donors (Lipinski definition) is 0. The summed E-state index contributed by atoms with van der Waals surface area (Å²) in [5, 5.41) is 7.76. The van der Waals surface area contributed by atoms with Gasteiger partial charge in [0.2, 0.25) is 0 Å². The molecule has 0 spiro atoms. The molecule has 0 unspecified atom stereocenters. The van der Waals surface area contributed by atoms with Gasteiger partial charge in [0, 0.05) is 12.4 Å². The molecule has 4 heteroatoms. The summed E-state index contributed by atoms with van der Waals surface area (Å²) in [7, 11) is 0. The van der Waals surface area contributed by atoms with Gasteiger partial charge >= 0.3 is 0 Å². The third-order valence-electron chi connectivity index (χ3n) is 1.82. The van der Waals surface area contributed by atoms with Crippen molar-refractivity contribution in [1.29, 1.82) is 0 Å². The average Bonchev–Trinajstić information content (AvgIpc) is 2.37. The zero-order chi connectivity index (χ0) is 11.1. The molecule has 0 bridgehead atoms. The minimum Gasteiger partial charge on any atom is -0.255 e. The Morgan fingerprint density at radius 1 is 0.750 bits per heavy atom. The van der Waals surface area contributed by atoms with Crippen LogP contribution >= 0.6 is 0 Å². The predicted octanol–water partition coefficient (Wildman–Crippen LogP) is 1.93. The van der Waals surface area contributed by atoms with Gasteiger partial charge in [-0.05, 0) is 24.3 Å². The van der Waals surface area contributed by atoms with Gasteiger partial charge in [0.05, 0.1) is 23.8 Å².